The fraction of sp³-hybridized carbons (Fsp3) is 0. The molecule has 0 aliphatic carbocycles. The maximum atomic E-state index is 6.41. The third-order valence-electron chi connectivity index (χ3n) is 5.29. The van der Waals surface area contributed by atoms with Gasteiger partial charge in [0.1, 0.15) is 5.82 Å². The Morgan fingerprint density at radius 1 is 0.867 bits per heavy atom. The van der Waals surface area contributed by atoms with Crippen molar-refractivity contribution in [1.29, 1.82) is 0 Å². The van der Waals surface area contributed by atoms with Crippen LogP contribution in [0, 0.1) is 0 Å². The van der Waals surface area contributed by atoms with E-state index in [0.717, 1.165) is 44.5 Å². The van der Waals surface area contributed by atoms with Crippen LogP contribution in [-0.2, 0) is 0 Å². The highest BCUT2D eigenvalue weighted by molar-refractivity contribution is 6.39. The fourth-order valence-corrected chi connectivity index (χ4v) is 4.51. The molecule has 4 aromatic rings. The summed E-state index contributed by atoms with van der Waals surface area (Å²) in [5.74, 6) is 0.702. The van der Waals surface area contributed by atoms with Gasteiger partial charge in [-0.2, -0.15) is 0 Å². The molecule has 1 N–H and O–H groups in total. The van der Waals surface area contributed by atoms with Gasteiger partial charge in [0.25, 0.3) is 0 Å². The van der Waals surface area contributed by atoms with Gasteiger partial charge in [-0.1, -0.05) is 78.8 Å². The molecule has 0 atom stereocenters. The molecule has 1 aliphatic rings. The highest BCUT2D eigenvalue weighted by Gasteiger charge is 2.26. The van der Waals surface area contributed by atoms with Crippen molar-refractivity contribution in [1.82, 2.24) is 4.98 Å². The molecule has 0 bridgehead atoms. The summed E-state index contributed by atoms with van der Waals surface area (Å²) >= 11 is 12.8. The fourth-order valence-electron chi connectivity index (χ4n) is 3.89. The van der Waals surface area contributed by atoms with Crippen molar-refractivity contribution in [3.63, 3.8) is 0 Å². The molecule has 5 heteroatoms. The van der Waals surface area contributed by atoms with E-state index in [0.29, 0.717) is 15.9 Å². The first-order valence-electron chi connectivity index (χ1n) is 9.41. The van der Waals surface area contributed by atoms with Gasteiger partial charge in [-0.25, -0.2) is 0 Å². The van der Waals surface area contributed by atoms with Crippen LogP contribution < -0.4 is 10.2 Å². The molecular weight excluding hydrogens is 413 g/mol. The van der Waals surface area contributed by atoms with Crippen LogP contribution >= 0.6 is 23.2 Å². The summed E-state index contributed by atoms with van der Waals surface area (Å²) in [6.45, 7) is 8.59. The Kier molecular flexibility index (Phi) is 4.50. The molecule has 0 amide bonds. The minimum Gasteiger partial charge on any atom is -0.341 e. The minimum atomic E-state index is 0.611. The van der Waals surface area contributed by atoms with Crippen molar-refractivity contribution < 1.29 is 0 Å². The van der Waals surface area contributed by atoms with Crippen molar-refractivity contribution in [2.75, 3.05) is 10.2 Å². The number of hydrogen-bond acceptors (Lipinski definition) is 3. The summed E-state index contributed by atoms with van der Waals surface area (Å²) in [7, 11) is 0. The number of nitrogens with zero attached hydrogens (tertiary/aromatic N) is 2. The summed E-state index contributed by atoms with van der Waals surface area (Å²) in [5, 5.41) is 6.77. The summed E-state index contributed by atoms with van der Waals surface area (Å²) in [6.07, 6.45) is 3.69. The quantitative estimate of drug-likeness (QED) is 0.355. The molecule has 0 fully saturated rings. The molecule has 3 nitrogen and oxygen atoms in total. The Labute approximate surface area is 184 Å². The Balaban J connectivity index is 1.61. The number of nitrogens with one attached hydrogen (secondary N) is 1. The molecule has 0 spiro atoms. The third-order valence-corrected chi connectivity index (χ3v) is 5.92. The van der Waals surface area contributed by atoms with Crippen LogP contribution in [0.15, 0.2) is 92.0 Å². The summed E-state index contributed by atoms with van der Waals surface area (Å²) < 4.78 is 0. The predicted molar refractivity (Wildman–Crippen MR) is 128 cm³/mol. The zero-order valence-electron chi connectivity index (χ0n) is 16.0. The molecule has 0 unspecified atom stereocenters. The normalized spacial score (nSPS) is 13.3. The minimum absolute atomic E-state index is 0.611. The Morgan fingerprint density at radius 3 is 2.43 bits per heavy atom. The van der Waals surface area contributed by atoms with Crippen LogP contribution in [0.4, 0.5) is 11.4 Å². The van der Waals surface area contributed by atoms with Gasteiger partial charge in [-0.3, -0.25) is 9.88 Å². The molecule has 0 radical (unpaired) electrons. The van der Waals surface area contributed by atoms with Crippen LogP contribution in [0.1, 0.15) is 5.56 Å². The van der Waals surface area contributed by atoms with E-state index in [9.17, 15) is 0 Å². The van der Waals surface area contributed by atoms with Crippen LogP contribution in [-0.4, -0.2) is 4.98 Å². The van der Waals surface area contributed by atoms with E-state index in [1.54, 1.807) is 0 Å². The Morgan fingerprint density at radius 2 is 1.63 bits per heavy atom. The monoisotopic (exact) mass is 429 g/mol. The lowest BCUT2D eigenvalue weighted by molar-refractivity contribution is 1.14. The van der Waals surface area contributed by atoms with Crippen molar-refractivity contribution in [2.24, 2.45) is 0 Å². The highest BCUT2D eigenvalue weighted by atomic mass is 35.5. The number of benzene rings is 3. The molecule has 1 aromatic heterocycles. The van der Waals surface area contributed by atoms with Crippen LogP contribution in [0.2, 0.25) is 10.0 Å². The van der Waals surface area contributed by atoms with Crippen molar-refractivity contribution in [2.45, 2.75) is 0 Å². The van der Waals surface area contributed by atoms with E-state index in [1.165, 1.54) is 0 Å². The van der Waals surface area contributed by atoms with E-state index < -0.39 is 0 Å². The van der Waals surface area contributed by atoms with E-state index in [-0.39, 0.29) is 0 Å². The van der Waals surface area contributed by atoms with Crippen molar-refractivity contribution in [3.8, 4) is 11.1 Å². The molecule has 2 heterocycles. The van der Waals surface area contributed by atoms with Crippen molar-refractivity contribution >= 4 is 51.0 Å². The zero-order valence-corrected chi connectivity index (χ0v) is 17.5. The molecule has 3 aromatic carbocycles. The summed E-state index contributed by atoms with van der Waals surface area (Å²) in [5.41, 5.74) is 5.37. The molecule has 1 aliphatic heterocycles. The van der Waals surface area contributed by atoms with Gasteiger partial charge in [0.2, 0.25) is 0 Å². The van der Waals surface area contributed by atoms with Crippen LogP contribution in [0.25, 0.3) is 27.6 Å². The standard InChI is InChI=1S/C25H17Cl2N3/c1-15-19-11-10-17(25-21(26)8-5-9-22(25)27)12-23(19)29-16(2)30(15)24-14-28-13-18-6-3-4-7-20(18)24/h3-14,29H,1-2H2. The number of aromatic nitrogens is 1. The van der Waals surface area contributed by atoms with Crippen molar-refractivity contribution in [3.05, 3.63) is 108 Å². The number of halogens is 2. The number of anilines is 2. The van der Waals surface area contributed by atoms with Gasteiger partial charge >= 0.3 is 0 Å². The lowest BCUT2D eigenvalue weighted by atomic mass is 9.98. The average molecular weight is 430 g/mol. The largest absolute Gasteiger partial charge is 0.341 e. The van der Waals surface area contributed by atoms with Gasteiger partial charge in [0, 0.05) is 49.5 Å². The van der Waals surface area contributed by atoms with Crippen LogP contribution in [0.3, 0.4) is 0 Å². The van der Waals surface area contributed by atoms with Gasteiger partial charge in [-0.15, -0.1) is 0 Å². The lowest BCUT2D eigenvalue weighted by Gasteiger charge is -2.35. The number of pyridine rings is 1. The van der Waals surface area contributed by atoms with E-state index in [2.05, 4.69) is 29.5 Å². The van der Waals surface area contributed by atoms with Gasteiger partial charge in [0.05, 0.1) is 11.9 Å². The van der Waals surface area contributed by atoms with E-state index in [1.807, 2.05) is 71.9 Å². The highest BCUT2D eigenvalue weighted by Crippen LogP contribution is 2.43. The van der Waals surface area contributed by atoms with Gasteiger partial charge in [0.15, 0.2) is 0 Å². The first-order chi connectivity index (χ1) is 14.5. The topological polar surface area (TPSA) is 28.2 Å². The molecular formula is C25H17Cl2N3. The zero-order chi connectivity index (χ0) is 20.8. The maximum absolute atomic E-state index is 6.41. The average Bonchev–Trinajstić information content (AvgIpc) is 2.73. The number of hydrogen-bond donors (Lipinski definition) is 1. The van der Waals surface area contributed by atoms with Crippen LogP contribution in [0.5, 0.6) is 0 Å². The Bertz CT molecular complexity index is 1320. The SMILES string of the molecule is C=C1Nc2cc(-c3c(Cl)cccc3Cl)ccc2C(=C)N1c1cncc2ccccc12. The Hall–Kier alpha value is -3.27. The van der Waals surface area contributed by atoms with E-state index >= 15 is 0 Å². The second-order valence-electron chi connectivity index (χ2n) is 7.09. The summed E-state index contributed by atoms with van der Waals surface area (Å²) in [4.78, 5) is 6.40. The first kappa shape index (κ1) is 18.7. The molecule has 30 heavy (non-hydrogen) atoms. The molecule has 0 saturated heterocycles. The first-order valence-corrected chi connectivity index (χ1v) is 10.2. The maximum Gasteiger partial charge on any atom is 0.108 e. The third kappa shape index (κ3) is 2.95. The van der Waals surface area contributed by atoms with E-state index in [4.69, 9.17) is 23.2 Å². The number of fused-ring (bicyclic) bond motifs is 2. The van der Waals surface area contributed by atoms with Gasteiger partial charge in [-0.05, 0) is 23.8 Å². The smallest absolute Gasteiger partial charge is 0.108 e. The predicted octanol–water partition coefficient (Wildman–Crippen LogP) is 7.58. The second-order valence-corrected chi connectivity index (χ2v) is 7.90. The lowest BCUT2D eigenvalue weighted by Crippen LogP contribution is -2.29. The molecule has 0 saturated carbocycles. The molecule has 146 valence electrons. The molecule has 5 rings (SSSR count). The second kappa shape index (κ2) is 7.21. The van der Waals surface area contributed by atoms with Gasteiger partial charge < -0.3 is 5.32 Å². The summed E-state index contributed by atoms with van der Waals surface area (Å²) in [6, 6.07) is 19.7. The number of rotatable bonds is 2.